The molecule has 3 aromatic rings. The smallest absolute Gasteiger partial charge is 0.407 e. The average Bonchev–Trinajstić information content (AvgIpc) is 3.55. The van der Waals surface area contributed by atoms with Crippen molar-refractivity contribution in [1.29, 1.82) is 0 Å². The third-order valence-electron chi connectivity index (χ3n) is 8.85. The molecule has 15 heteroatoms. The maximum Gasteiger partial charge on any atom is 0.407 e. The summed E-state index contributed by atoms with van der Waals surface area (Å²) in [6.45, 7) is 9.55. The maximum atomic E-state index is 15.0. The number of hydrogen-bond donors (Lipinski definition) is 1. The van der Waals surface area contributed by atoms with E-state index in [-0.39, 0.29) is 29.8 Å². The van der Waals surface area contributed by atoms with Gasteiger partial charge in [-0.25, -0.2) is 19.2 Å². The highest BCUT2D eigenvalue weighted by Gasteiger charge is 2.41. The molecule has 3 fully saturated rings. The van der Waals surface area contributed by atoms with Crippen LogP contribution in [0.3, 0.4) is 0 Å². The van der Waals surface area contributed by atoms with E-state index in [0.29, 0.717) is 56.1 Å². The van der Waals surface area contributed by atoms with Gasteiger partial charge >= 0.3 is 18.0 Å². The molecule has 3 aliphatic rings. The van der Waals surface area contributed by atoms with Crippen LogP contribution in [0.5, 0.6) is 0 Å². The molecular formula is C33H41F3N8O4. The number of carbonyl (C=O) groups excluding carboxylic acids is 2. The topological polar surface area (TPSA) is 130 Å². The van der Waals surface area contributed by atoms with Crippen molar-refractivity contribution < 1.29 is 32.0 Å². The Balaban J connectivity index is 1.14. The van der Waals surface area contributed by atoms with E-state index in [2.05, 4.69) is 25.4 Å². The lowest BCUT2D eigenvalue weighted by Gasteiger charge is -2.38. The van der Waals surface area contributed by atoms with Gasteiger partial charge in [-0.2, -0.15) is 13.8 Å². The standard InChI is InChI=1S/C33H41F3N8O4/c1-19-6-9-25(34)23(14-19)24-17-43(18-26(24)39-31(46)47-32(2,3)4)29-37-15-20(16-38-29)27(45)44(21-7-8-21)22-10-12-42(13-11-22)30-40-28(41-48-30)33(5,35)36/h6,9,14-16,21-22,24,26H,7-8,10-13,17-18H2,1-5H3,(H,39,46)/t24-,26+/m1/s1. The Labute approximate surface area is 277 Å². The lowest BCUT2D eigenvalue weighted by atomic mass is 9.92. The Bertz CT molecular complexity index is 1630. The number of nitrogens with one attached hydrogen (secondary N) is 1. The summed E-state index contributed by atoms with van der Waals surface area (Å²) in [5, 5.41) is 6.33. The summed E-state index contributed by atoms with van der Waals surface area (Å²) in [6, 6.07) is 4.55. The number of alkyl carbamates (subject to hydrolysis) is 1. The van der Waals surface area contributed by atoms with Crippen LogP contribution in [-0.2, 0) is 10.7 Å². The Hall–Kier alpha value is -4.43. The van der Waals surface area contributed by atoms with Crippen molar-refractivity contribution in [2.24, 2.45) is 0 Å². The Morgan fingerprint density at radius 2 is 1.67 bits per heavy atom. The van der Waals surface area contributed by atoms with Crippen LogP contribution < -0.4 is 15.1 Å². The predicted molar refractivity (Wildman–Crippen MR) is 170 cm³/mol. The van der Waals surface area contributed by atoms with Crippen molar-refractivity contribution in [3.05, 3.63) is 58.9 Å². The Morgan fingerprint density at radius 1 is 1.00 bits per heavy atom. The van der Waals surface area contributed by atoms with Crippen LogP contribution in [0.15, 0.2) is 35.1 Å². The number of aryl methyl sites for hydroxylation is 1. The predicted octanol–water partition coefficient (Wildman–Crippen LogP) is 5.19. The minimum Gasteiger partial charge on any atom is -0.444 e. The molecule has 1 aliphatic carbocycles. The number of benzene rings is 1. The Kier molecular flexibility index (Phi) is 8.98. The molecule has 2 saturated heterocycles. The van der Waals surface area contributed by atoms with Crippen LogP contribution in [0.25, 0.3) is 0 Å². The molecule has 48 heavy (non-hydrogen) atoms. The number of ether oxygens (including phenoxy) is 1. The molecule has 0 bridgehead atoms. The highest BCUT2D eigenvalue weighted by molar-refractivity contribution is 5.94. The van der Waals surface area contributed by atoms with Crippen molar-refractivity contribution in [1.82, 2.24) is 30.3 Å². The first kappa shape index (κ1) is 33.5. The zero-order valence-electron chi connectivity index (χ0n) is 27.8. The van der Waals surface area contributed by atoms with Gasteiger partial charge in [0.25, 0.3) is 5.91 Å². The first-order valence-corrected chi connectivity index (χ1v) is 16.3. The van der Waals surface area contributed by atoms with E-state index in [4.69, 9.17) is 9.26 Å². The summed E-state index contributed by atoms with van der Waals surface area (Å²) < 4.78 is 52.8. The van der Waals surface area contributed by atoms with Gasteiger partial charge < -0.3 is 29.3 Å². The second-order valence-corrected chi connectivity index (χ2v) is 14.0. The molecule has 2 aromatic heterocycles. The second-order valence-electron chi connectivity index (χ2n) is 14.0. The summed E-state index contributed by atoms with van der Waals surface area (Å²) in [5.41, 5.74) is 1.04. The molecule has 1 N–H and O–H groups in total. The number of amides is 2. The van der Waals surface area contributed by atoms with Crippen LogP contribution in [0, 0.1) is 12.7 Å². The fourth-order valence-corrected chi connectivity index (χ4v) is 6.42. The molecule has 4 heterocycles. The summed E-state index contributed by atoms with van der Waals surface area (Å²) in [7, 11) is 0. The van der Waals surface area contributed by atoms with Crippen molar-refractivity contribution in [3.63, 3.8) is 0 Å². The number of hydrogen-bond acceptors (Lipinski definition) is 10. The SMILES string of the molecule is Cc1ccc(F)c([C@H]2CN(c3ncc(C(=O)N(C4CC4)C4CCN(c5nc(C(C)(F)F)no5)CC4)cn3)C[C@@H]2NC(=O)OC(C)(C)C)c1. The zero-order valence-corrected chi connectivity index (χ0v) is 27.8. The molecule has 258 valence electrons. The van der Waals surface area contributed by atoms with Gasteiger partial charge in [-0.15, -0.1) is 0 Å². The van der Waals surface area contributed by atoms with E-state index in [1.165, 1.54) is 18.5 Å². The van der Waals surface area contributed by atoms with Gasteiger partial charge in [0.1, 0.15) is 11.4 Å². The quantitative estimate of drug-likeness (QED) is 0.342. The molecule has 12 nitrogen and oxygen atoms in total. The van der Waals surface area contributed by atoms with Crippen molar-refractivity contribution in [2.45, 2.75) is 95.9 Å². The maximum absolute atomic E-state index is 15.0. The van der Waals surface area contributed by atoms with Gasteiger partial charge in [-0.1, -0.05) is 22.9 Å². The molecule has 1 aromatic carbocycles. The number of carbonyl (C=O) groups is 2. The van der Waals surface area contributed by atoms with Gasteiger partial charge in [0, 0.05) is 63.5 Å². The van der Waals surface area contributed by atoms with Gasteiger partial charge in [-0.05, 0) is 65.0 Å². The number of halogens is 3. The lowest BCUT2D eigenvalue weighted by molar-refractivity contribution is 0.00557. The van der Waals surface area contributed by atoms with E-state index >= 15 is 4.39 Å². The number of nitrogens with zero attached hydrogens (tertiary/aromatic N) is 7. The fraction of sp³-hybridized carbons (Fsp3) is 0.576. The molecule has 0 radical (unpaired) electrons. The normalized spacial score (nSPS) is 20.6. The number of piperidine rings is 1. The molecule has 0 unspecified atom stereocenters. The second kappa shape index (κ2) is 12.9. The van der Waals surface area contributed by atoms with Crippen LogP contribution in [-0.4, -0.2) is 86.9 Å². The number of rotatable bonds is 8. The summed E-state index contributed by atoms with van der Waals surface area (Å²) in [6.07, 6.45) is 5.45. The van der Waals surface area contributed by atoms with Crippen molar-refractivity contribution in [2.75, 3.05) is 36.0 Å². The fourth-order valence-electron chi connectivity index (χ4n) is 6.42. The molecular weight excluding hydrogens is 629 g/mol. The largest absolute Gasteiger partial charge is 0.444 e. The lowest BCUT2D eigenvalue weighted by Crippen LogP contribution is -2.48. The van der Waals surface area contributed by atoms with Crippen LogP contribution >= 0.6 is 0 Å². The van der Waals surface area contributed by atoms with Gasteiger partial charge in [0.05, 0.1) is 11.6 Å². The van der Waals surface area contributed by atoms with E-state index in [9.17, 15) is 18.4 Å². The van der Waals surface area contributed by atoms with Crippen LogP contribution in [0.4, 0.5) is 29.9 Å². The third kappa shape index (κ3) is 7.49. The number of anilines is 2. The minimum atomic E-state index is -3.19. The average molecular weight is 671 g/mol. The van der Waals surface area contributed by atoms with Gasteiger partial charge in [0.2, 0.25) is 11.8 Å². The number of aromatic nitrogens is 4. The first-order valence-electron chi connectivity index (χ1n) is 16.3. The van der Waals surface area contributed by atoms with E-state index in [1.807, 2.05) is 16.7 Å². The summed E-state index contributed by atoms with van der Waals surface area (Å²) in [5.74, 6) is -4.41. The van der Waals surface area contributed by atoms with Crippen molar-refractivity contribution >= 4 is 24.0 Å². The summed E-state index contributed by atoms with van der Waals surface area (Å²) in [4.78, 5) is 45.0. The van der Waals surface area contributed by atoms with Crippen molar-refractivity contribution in [3.8, 4) is 0 Å². The molecule has 6 rings (SSSR count). The monoisotopic (exact) mass is 670 g/mol. The molecule has 2 atom stereocenters. The van der Waals surface area contributed by atoms with Crippen LogP contribution in [0.1, 0.15) is 86.6 Å². The van der Waals surface area contributed by atoms with E-state index in [0.717, 1.165) is 25.3 Å². The Morgan fingerprint density at radius 3 is 2.27 bits per heavy atom. The minimum absolute atomic E-state index is 0.0519. The van der Waals surface area contributed by atoms with Gasteiger partial charge in [-0.3, -0.25) is 4.79 Å². The number of alkyl halides is 2. The zero-order chi connectivity index (χ0) is 34.4. The highest BCUT2D eigenvalue weighted by atomic mass is 19.3. The third-order valence-corrected chi connectivity index (χ3v) is 8.85. The van der Waals surface area contributed by atoms with Crippen LogP contribution in [0.2, 0.25) is 0 Å². The summed E-state index contributed by atoms with van der Waals surface area (Å²) >= 11 is 0. The van der Waals surface area contributed by atoms with E-state index < -0.39 is 35.4 Å². The molecule has 0 spiro atoms. The van der Waals surface area contributed by atoms with E-state index in [1.54, 1.807) is 37.8 Å². The molecule has 2 aliphatic heterocycles. The molecule has 2 amide bonds. The first-order chi connectivity index (χ1) is 22.7. The van der Waals surface area contributed by atoms with Gasteiger partial charge in [0.15, 0.2) is 0 Å². The highest BCUT2D eigenvalue weighted by Crippen LogP contribution is 2.35. The molecule has 1 saturated carbocycles.